The third-order valence-corrected chi connectivity index (χ3v) is 5.85. The van der Waals surface area contributed by atoms with Gasteiger partial charge in [-0.3, -0.25) is 4.72 Å². The number of hydrogen-bond acceptors (Lipinski definition) is 5. The van der Waals surface area contributed by atoms with Crippen LogP contribution in [0.1, 0.15) is 15.9 Å². The lowest BCUT2D eigenvalue weighted by Gasteiger charge is -2.22. The predicted molar refractivity (Wildman–Crippen MR) is 123 cm³/mol. The first-order valence-electron chi connectivity index (χ1n) is 9.81. The number of nitrogens with one attached hydrogen (secondary N) is 1. The number of aromatic carboxylic acids is 1. The van der Waals surface area contributed by atoms with Gasteiger partial charge in [-0.1, -0.05) is 48.5 Å². The van der Waals surface area contributed by atoms with Gasteiger partial charge in [0, 0.05) is 19.3 Å². The summed E-state index contributed by atoms with van der Waals surface area (Å²) in [5.41, 5.74) is 1.75. The molecule has 0 spiro atoms. The second kappa shape index (κ2) is 11.4. The van der Waals surface area contributed by atoms with Crippen LogP contribution in [0, 0.1) is 0 Å². The van der Waals surface area contributed by atoms with Crippen LogP contribution >= 0.6 is 0 Å². The van der Waals surface area contributed by atoms with E-state index in [2.05, 4.69) is 4.72 Å². The van der Waals surface area contributed by atoms with Crippen LogP contribution in [-0.4, -0.2) is 43.8 Å². The van der Waals surface area contributed by atoms with Gasteiger partial charge in [-0.25, -0.2) is 18.0 Å². The monoisotopic (exact) mass is 510 g/mol. The molecule has 0 aromatic heterocycles. The number of aliphatic carboxylic acids is 1. The SMILES string of the molecule is CN(Cc1ccccc1)c1ccc(NS(=O)(=O)c2ccccc2)cc1C(=O)O.O=C(O)C(F)(F)F. The van der Waals surface area contributed by atoms with Crippen molar-refractivity contribution in [2.24, 2.45) is 0 Å². The second-order valence-electron chi connectivity index (χ2n) is 7.10. The van der Waals surface area contributed by atoms with Crippen molar-refractivity contribution in [3.05, 3.63) is 90.0 Å². The smallest absolute Gasteiger partial charge is 0.478 e. The van der Waals surface area contributed by atoms with Crippen LogP contribution in [0.15, 0.2) is 83.8 Å². The van der Waals surface area contributed by atoms with Gasteiger partial charge in [0.1, 0.15) is 0 Å². The standard InChI is InChI=1S/C21H20N2O4S.C2HF3O2/c1-23(15-16-8-4-2-5-9-16)20-13-12-17(14-19(20)21(24)25)22-28(26,27)18-10-6-3-7-11-18;3-2(4,5)1(6)7/h2-14,22H,15H2,1H3,(H,24,25);(H,6,7). The van der Waals surface area contributed by atoms with E-state index in [-0.39, 0.29) is 16.1 Å². The molecular formula is C23H21F3N2O6S. The number of alkyl halides is 3. The summed E-state index contributed by atoms with van der Waals surface area (Å²) in [5, 5.41) is 16.7. The molecule has 186 valence electrons. The number of hydrogen-bond donors (Lipinski definition) is 3. The Morgan fingerprint density at radius 1 is 0.914 bits per heavy atom. The van der Waals surface area contributed by atoms with Crippen LogP contribution in [0.25, 0.3) is 0 Å². The van der Waals surface area contributed by atoms with E-state index in [1.807, 2.05) is 35.2 Å². The number of carboxylic acid groups (broad SMARTS) is 2. The Labute approximate surface area is 199 Å². The predicted octanol–water partition coefficient (Wildman–Crippen LogP) is 4.46. The van der Waals surface area contributed by atoms with Gasteiger partial charge in [0.2, 0.25) is 0 Å². The molecule has 0 saturated heterocycles. The van der Waals surface area contributed by atoms with Crippen molar-refractivity contribution in [2.75, 3.05) is 16.7 Å². The van der Waals surface area contributed by atoms with E-state index in [1.165, 1.54) is 18.2 Å². The number of anilines is 2. The van der Waals surface area contributed by atoms with Crippen LogP contribution in [-0.2, 0) is 21.4 Å². The van der Waals surface area contributed by atoms with E-state index in [9.17, 15) is 31.5 Å². The summed E-state index contributed by atoms with van der Waals surface area (Å²) in [6.45, 7) is 0.524. The summed E-state index contributed by atoms with van der Waals surface area (Å²) in [5.74, 6) is -3.89. The highest BCUT2D eigenvalue weighted by atomic mass is 32.2. The van der Waals surface area contributed by atoms with Crippen LogP contribution in [0.3, 0.4) is 0 Å². The molecule has 3 aromatic carbocycles. The minimum Gasteiger partial charge on any atom is -0.478 e. The molecule has 35 heavy (non-hydrogen) atoms. The number of carboxylic acids is 2. The zero-order chi connectivity index (χ0) is 26.2. The Bertz CT molecular complexity index is 1270. The molecular weight excluding hydrogens is 489 g/mol. The molecule has 3 aromatic rings. The summed E-state index contributed by atoms with van der Waals surface area (Å²) >= 11 is 0. The van der Waals surface area contributed by atoms with Gasteiger partial charge in [0.05, 0.1) is 16.1 Å². The Kier molecular flexibility index (Phi) is 8.84. The zero-order valence-electron chi connectivity index (χ0n) is 18.2. The van der Waals surface area contributed by atoms with Crippen molar-refractivity contribution in [1.82, 2.24) is 0 Å². The van der Waals surface area contributed by atoms with Gasteiger partial charge in [0.25, 0.3) is 10.0 Å². The van der Waals surface area contributed by atoms with Crippen LogP contribution < -0.4 is 9.62 Å². The highest BCUT2D eigenvalue weighted by molar-refractivity contribution is 7.92. The van der Waals surface area contributed by atoms with E-state index in [0.29, 0.717) is 12.2 Å². The molecule has 8 nitrogen and oxygen atoms in total. The van der Waals surface area contributed by atoms with Gasteiger partial charge in [-0.2, -0.15) is 13.2 Å². The van der Waals surface area contributed by atoms with Crippen molar-refractivity contribution in [3.8, 4) is 0 Å². The summed E-state index contributed by atoms with van der Waals surface area (Å²) < 4.78 is 59.1. The Morgan fingerprint density at radius 2 is 1.43 bits per heavy atom. The third kappa shape index (κ3) is 8.03. The van der Waals surface area contributed by atoms with E-state index in [1.54, 1.807) is 37.4 Å². The van der Waals surface area contributed by atoms with Crippen LogP contribution in [0.4, 0.5) is 24.5 Å². The maximum atomic E-state index is 12.5. The van der Waals surface area contributed by atoms with Crippen molar-refractivity contribution in [3.63, 3.8) is 0 Å². The number of halogens is 3. The quantitative estimate of drug-likeness (QED) is 0.429. The van der Waals surface area contributed by atoms with Crippen LogP contribution in [0.5, 0.6) is 0 Å². The first kappa shape index (κ1) is 27.2. The molecule has 0 amide bonds. The topological polar surface area (TPSA) is 124 Å². The second-order valence-corrected chi connectivity index (χ2v) is 8.78. The summed E-state index contributed by atoms with van der Waals surface area (Å²) in [6, 6.07) is 22.1. The molecule has 0 saturated carbocycles. The van der Waals surface area contributed by atoms with Gasteiger partial charge < -0.3 is 15.1 Å². The highest BCUT2D eigenvalue weighted by Crippen LogP contribution is 2.26. The molecule has 0 bridgehead atoms. The fraction of sp³-hybridized carbons (Fsp3) is 0.130. The highest BCUT2D eigenvalue weighted by Gasteiger charge is 2.38. The van der Waals surface area contributed by atoms with Crippen molar-refractivity contribution in [2.45, 2.75) is 17.6 Å². The molecule has 0 heterocycles. The average Bonchev–Trinajstić information content (AvgIpc) is 2.79. The fourth-order valence-corrected chi connectivity index (χ4v) is 3.93. The Hall–Kier alpha value is -4.06. The van der Waals surface area contributed by atoms with E-state index in [4.69, 9.17) is 9.90 Å². The van der Waals surface area contributed by atoms with Crippen molar-refractivity contribution in [1.29, 1.82) is 0 Å². The lowest BCUT2D eigenvalue weighted by Crippen LogP contribution is -2.21. The maximum Gasteiger partial charge on any atom is 0.490 e. The van der Waals surface area contributed by atoms with Gasteiger partial charge in [-0.15, -0.1) is 0 Å². The van der Waals surface area contributed by atoms with Crippen molar-refractivity contribution < 1.29 is 41.4 Å². The molecule has 0 atom stereocenters. The Morgan fingerprint density at radius 3 is 1.91 bits per heavy atom. The molecule has 0 unspecified atom stereocenters. The van der Waals surface area contributed by atoms with Gasteiger partial charge in [-0.05, 0) is 35.9 Å². The number of nitrogens with zero attached hydrogens (tertiary/aromatic N) is 1. The molecule has 0 aliphatic carbocycles. The molecule has 3 N–H and O–H groups in total. The summed E-state index contributed by atoms with van der Waals surface area (Å²) in [6.07, 6.45) is -5.08. The first-order valence-corrected chi connectivity index (χ1v) is 11.3. The lowest BCUT2D eigenvalue weighted by atomic mass is 10.1. The Balaban J connectivity index is 0.000000540. The number of sulfonamides is 1. The number of carbonyl (C=O) groups is 2. The minimum absolute atomic E-state index is 0.0201. The molecule has 0 fully saturated rings. The average molecular weight is 510 g/mol. The fourth-order valence-electron chi connectivity index (χ4n) is 2.86. The van der Waals surface area contributed by atoms with Crippen LogP contribution in [0.2, 0.25) is 0 Å². The number of benzene rings is 3. The molecule has 0 radical (unpaired) electrons. The minimum atomic E-state index is -5.08. The maximum absolute atomic E-state index is 12.5. The van der Waals surface area contributed by atoms with E-state index in [0.717, 1.165) is 5.56 Å². The normalized spacial score (nSPS) is 11.1. The largest absolute Gasteiger partial charge is 0.490 e. The van der Waals surface area contributed by atoms with Gasteiger partial charge in [0.15, 0.2) is 0 Å². The third-order valence-electron chi connectivity index (χ3n) is 4.45. The molecule has 0 aliphatic heterocycles. The lowest BCUT2D eigenvalue weighted by molar-refractivity contribution is -0.192. The summed E-state index contributed by atoms with van der Waals surface area (Å²) in [4.78, 5) is 22.6. The summed E-state index contributed by atoms with van der Waals surface area (Å²) in [7, 11) is -2.00. The van der Waals surface area contributed by atoms with E-state index < -0.39 is 28.1 Å². The zero-order valence-corrected chi connectivity index (χ0v) is 19.0. The molecule has 3 rings (SSSR count). The molecule has 12 heteroatoms. The van der Waals surface area contributed by atoms with Crippen molar-refractivity contribution >= 4 is 33.3 Å². The van der Waals surface area contributed by atoms with E-state index >= 15 is 0 Å². The number of rotatable bonds is 7. The van der Waals surface area contributed by atoms with Gasteiger partial charge >= 0.3 is 18.1 Å². The first-order chi connectivity index (χ1) is 16.3. The molecule has 0 aliphatic rings.